The van der Waals surface area contributed by atoms with Gasteiger partial charge in [0.1, 0.15) is 18.9 Å². The van der Waals surface area contributed by atoms with Crippen LogP contribution in [-0.2, 0) is 28.0 Å². The predicted molar refractivity (Wildman–Crippen MR) is 125 cm³/mol. The Morgan fingerprint density at radius 3 is 2.30 bits per heavy atom. The first kappa shape index (κ1) is 22.5. The summed E-state index contributed by atoms with van der Waals surface area (Å²) in [6.45, 7) is 1.78. The Hall–Kier alpha value is -3.65. The molecule has 1 N–H and O–H groups in total. The summed E-state index contributed by atoms with van der Waals surface area (Å²) in [4.78, 5) is 24.5. The van der Waals surface area contributed by atoms with E-state index in [1.54, 1.807) is 30.3 Å². The minimum atomic E-state index is -3.98. The molecule has 4 rings (SSSR count). The number of ether oxygens (including phenoxy) is 1. The average Bonchev–Trinajstić information content (AvgIpc) is 3.10. The summed E-state index contributed by atoms with van der Waals surface area (Å²) < 4.78 is 33.8. The topological polar surface area (TPSA) is 92.8 Å². The molecule has 1 saturated heterocycles. The van der Waals surface area contributed by atoms with Crippen molar-refractivity contribution >= 4 is 27.6 Å². The number of carbonyl (C=O) groups is 2. The summed E-state index contributed by atoms with van der Waals surface area (Å²) in [7, 11) is -3.98. The van der Waals surface area contributed by atoms with E-state index in [4.69, 9.17) is 4.74 Å². The van der Waals surface area contributed by atoms with Gasteiger partial charge >= 0.3 is 10.2 Å². The fraction of sp³-hybridized carbons (Fsp3) is 0.200. The van der Waals surface area contributed by atoms with Crippen LogP contribution in [0.3, 0.4) is 0 Å². The number of anilines is 1. The van der Waals surface area contributed by atoms with Crippen molar-refractivity contribution in [1.82, 2.24) is 4.72 Å². The Balaban J connectivity index is 1.61. The fourth-order valence-electron chi connectivity index (χ4n) is 3.74. The Kier molecular flexibility index (Phi) is 6.46. The lowest BCUT2D eigenvalue weighted by atomic mass is 9.93. The SMILES string of the molecule is CC(Cc1ccc(N2CC(=O)NS2(=O)=O)c(OCc2ccccc2)c1)C(=O)c1ccccc1. The summed E-state index contributed by atoms with van der Waals surface area (Å²) in [5.74, 6) is -0.520. The van der Waals surface area contributed by atoms with Gasteiger partial charge in [0.05, 0.1) is 5.69 Å². The molecule has 1 aliphatic heterocycles. The summed E-state index contributed by atoms with van der Waals surface area (Å²) in [5, 5.41) is 0. The predicted octanol–water partition coefficient (Wildman–Crippen LogP) is 3.51. The molecule has 8 heteroatoms. The fourth-order valence-corrected chi connectivity index (χ4v) is 4.90. The smallest absolute Gasteiger partial charge is 0.326 e. The highest BCUT2D eigenvalue weighted by molar-refractivity contribution is 7.92. The number of amides is 1. The first-order valence-corrected chi connectivity index (χ1v) is 12.0. The lowest BCUT2D eigenvalue weighted by Crippen LogP contribution is -2.29. The maximum atomic E-state index is 12.8. The highest BCUT2D eigenvalue weighted by atomic mass is 32.2. The Morgan fingerprint density at radius 1 is 1.00 bits per heavy atom. The minimum Gasteiger partial charge on any atom is -0.487 e. The maximum absolute atomic E-state index is 12.8. The first-order chi connectivity index (χ1) is 15.8. The van der Waals surface area contributed by atoms with Gasteiger partial charge in [0.2, 0.25) is 0 Å². The van der Waals surface area contributed by atoms with Crippen LogP contribution in [0.1, 0.15) is 28.4 Å². The highest BCUT2D eigenvalue weighted by Crippen LogP contribution is 2.34. The standard InChI is InChI=1S/C25H24N2O5S/c1-18(25(29)21-10-6-3-7-11-21)14-20-12-13-22(27-16-24(28)26-33(27,30)31)23(15-20)32-17-19-8-4-2-5-9-19/h2-13,15,18H,14,16-17H2,1H3,(H,26,28). The van der Waals surface area contributed by atoms with Crippen LogP contribution in [0.4, 0.5) is 5.69 Å². The molecule has 7 nitrogen and oxygen atoms in total. The van der Waals surface area contributed by atoms with Crippen molar-refractivity contribution in [3.8, 4) is 5.75 Å². The molecule has 0 spiro atoms. The molecule has 33 heavy (non-hydrogen) atoms. The number of Topliss-reactive ketones (excluding diaryl/α,β-unsaturated/α-hetero) is 1. The summed E-state index contributed by atoms with van der Waals surface area (Å²) in [6, 6.07) is 23.7. The molecule has 0 aliphatic carbocycles. The lowest BCUT2D eigenvalue weighted by Gasteiger charge is -2.20. The van der Waals surface area contributed by atoms with Gasteiger partial charge in [-0.3, -0.25) is 9.59 Å². The number of hydrogen-bond acceptors (Lipinski definition) is 5. The molecule has 3 aromatic rings. The van der Waals surface area contributed by atoms with Gasteiger partial charge in [0, 0.05) is 11.5 Å². The largest absolute Gasteiger partial charge is 0.487 e. The van der Waals surface area contributed by atoms with Crippen LogP contribution >= 0.6 is 0 Å². The van der Waals surface area contributed by atoms with Crippen LogP contribution < -0.4 is 13.8 Å². The maximum Gasteiger partial charge on any atom is 0.326 e. The van der Waals surface area contributed by atoms with Gasteiger partial charge in [0.15, 0.2) is 5.78 Å². The third kappa shape index (κ3) is 5.23. The number of nitrogens with zero attached hydrogens (tertiary/aromatic N) is 1. The van der Waals surface area contributed by atoms with Crippen molar-refractivity contribution in [2.75, 3.05) is 10.8 Å². The molecule has 1 unspecified atom stereocenters. The van der Waals surface area contributed by atoms with Gasteiger partial charge in [-0.15, -0.1) is 0 Å². The van der Waals surface area contributed by atoms with Crippen LogP contribution in [0.2, 0.25) is 0 Å². The Morgan fingerprint density at radius 2 is 1.67 bits per heavy atom. The van der Waals surface area contributed by atoms with Crippen molar-refractivity contribution in [2.45, 2.75) is 20.0 Å². The second kappa shape index (κ2) is 9.46. The minimum absolute atomic E-state index is 0.0309. The molecular formula is C25H24N2O5S. The van der Waals surface area contributed by atoms with Gasteiger partial charge in [-0.1, -0.05) is 73.7 Å². The number of hydrogen-bond donors (Lipinski definition) is 1. The monoisotopic (exact) mass is 464 g/mol. The summed E-state index contributed by atoms with van der Waals surface area (Å²) in [6.07, 6.45) is 0.458. The third-order valence-corrected chi connectivity index (χ3v) is 6.79. The van der Waals surface area contributed by atoms with Crippen molar-refractivity contribution in [2.24, 2.45) is 5.92 Å². The zero-order valence-electron chi connectivity index (χ0n) is 18.1. The van der Waals surface area contributed by atoms with E-state index in [0.29, 0.717) is 17.7 Å². The molecular weight excluding hydrogens is 440 g/mol. The first-order valence-electron chi connectivity index (χ1n) is 10.6. The summed E-state index contributed by atoms with van der Waals surface area (Å²) in [5.41, 5.74) is 2.67. The Bertz CT molecular complexity index is 1260. The van der Waals surface area contributed by atoms with Gasteiger partial charge in [0.25, 0.3) is 5.91 Å². The highest BCUT2D eigenvalue weighted by Gasteiger charge is 2.35. The quantitative estimate of drug-likeness (QED) is 0.515. The molecule has 3 aromatic carbocycles. The van der Waals surface area contributed by atoms with E-state index in [0.717, 1.165) is 15.4 Å². The molecule has 0 bridgehead atoms. The van der Waals surface area contributed by atoms with Gasteiger partial charge < -0.3 is 4.74 Å². The molecule has 1 aliphatic rings. The molecule has 1 fully saturated rings. The lowest BCUT2D eigenvalue weighted by molar-refractivity contribution is -0.117. The zero-order valence-corrected chi connectivity index (χ0v) is 18.9. The van der Waals surface area contributed by atoms with Crippen LogP contribution in [-0.4, -0.2) is 26.7 Å². The van der Waals surface area contributed by atoms with Crippen LogP contribution in [0, 0.1) is 5.92 Å². The van der Waals surface area contributed by atoms with E-state index in [1.165, 1.54) is 0 Å². The molecule has 170 valence electrons. The molecule has 1 atom stereocenters. The van der Waals surface area contributed by atoms with E-state index in [9.17, 15) is 18.0 Å². The van der Waals surface area contributed by atoms with Crippen LogP contribution in [0.5, 0.6) is 5.75 Å². The number of benzene rings is 3. The number of ketones is 1. The number of rotatable bonds is 8. The third-order valence-electron chi connectivity index (χ3n) is 5.40. The number of nitrogens with one attached hydrogen (secondary N) is 1. The molecule has 0 radical (unpaired) electrons. The van der Waals surface area contributed by atoms with Crippen molar-refractivity contribution in [1.29, 1.82) is 0 Å². The molecule has 1 amide bonds. The van der Waals surface area contributed by atoms with Gasteiger partial charge in [-0.05, 0) is 29.7 Å². The van der Waals surface area contributed by atoms with E-state index < -0.39 is 16.1 Å². The zero-order chi connectivity index (χ0) is 23.4. The summed E-state index contributed by atoms with van der Waals surface area (Å²) >= 11 is 0. The van der Waals surface area contributed by atoms with Gasteiger partial charge in [-0.2, -0.15) is 8.42 Å². The molecule has 1 heterocycles. The van der Waals surface area contributed by atoms with Crippen LogP contribution in [0.15, 0.2) is 78.9 Å². The van der Waals surface area contributed by atoms with Crippen LogP contribution in [0.25, 0.3) is 0 Å². The second-order valence-electron chi connectivity index (χ2n) is 7.95. The number of carbonyl (C=O) groups excluding carboxylic acids is 2. The van der Waals surface area contributed by atoms with Gasteiger partial charge in [-0.25, -0.2) is 9.03 Å². The van der Waals surface area contributed by atoms with E-state index >= 15 is 0 Å². The second-order valence-corrected chi connectivity index (χ2v) is 9.54. The van der Waals surface area contributed by atoms with Crippen molar-refractivity contribution in [3.63, 3.8) is 0 Å². The van der Waals surface area contributed by atoms with E-state index in [1.807, 2.05) is 60.2 Å². The Labute approximate surface area is 193 Å². The normalized spacial score (nSPS) is 15.7. The molecule has 0 aromatic heterocycles. The van der Waals surface area contributed by atoms with Crippen molar-refractivity contribution in [3.05, 3.63) is 95.6 Å². The van der Waals surface area contributed by atoms with E-state index in [-0.39, 0.29) is 30.5 Å². The van der Waals surface area contributed by atoms with E-state index in [2.05, 4.69) is 0 Å². The molecule has 0 saturated carbocycles. The average molecular weight is 465 g/mol. The van der Waals surface area contributed by atoms with Crippen molar-refractivity contribution < 1.29 is 22.7 Å².